The predicted octanol–water partition coefficient (Wildman–Crippen LogP) is 5.70. The number of ether oxygens (including phenoxy) is 1. The van der Waals surface area contributed by atoms with E-state index >= 15 is 0 Å². The summed E-state index contributed by atoms with van der Waals surface area (Å²) in [5, 5.41) is 3.90. The quantitative estimate of drug-likeness (QED) is 0.247. The topological polar surface area (TPSA) is 89.1 Å². The summed E-state index contributed by atoms with van der Waals surface area (Å²) in [6, 6.07) is 22.8. The van der Waals surface area contributed by atoms with Crippen LogP contribution in [0.1, 0.15) is 26.3 Å². The Morgan fingerprint density at radius 2 is 1.73 bits per heavy atom. The normalized spacial score (nSPS) is 15.9. The Balaban J connectivity index is 0.970. The number of hydrogen-bond donors (Lipinski definition) is 2. The molecule has 1 aromatic heterocycles. The van der Waals surface area contributed by atoms with E-state index in [0.717, 1.165) is 84.8 Å². The van der Waals surface area contributed by atoms with Crippen LogP contribution in [0.2, 0.25) is 0 Å². The molecule has 3 heterocycles. The molecular formula is C35H43N7O2S. The van der Waals surface area contributed by atoms with Gasteiger partial charge in [-0.2, -0.15) is 0 Å². The van der Waals surface area contributed by atoms with E-state index in [1.54, 1.807) is 11.8 Å². The Morgan fingerprint density at radius 1 is 0.978 bits per heavy atom. The second-order valence-electron chi connectivity index (χ2n) is 12.6. The fourth-order valence-corrected chi connectivity index (χ4v) is 6.49. The van der Waals surface area contributed by atoms with E-state index in [-0.39, 0.29) is 11.3 Å². The Bertz CT molecular complexity index is 1640. The van der Waals surface area contributed by atoms with Crippen LogP contribution in [0.25, 0.3) is 22.4 Å². The summed E-state index contributed by atoms with van der Waals surface area (Å²) in [7, 11) is 0. The molecule has 45 heavy (non-hydrogen) atoms. The number of rotatable bonds is 9. The fraction of sp³-hybridized carbons (Fsp3) is 0.400. The number of carbonyl (C=O) groups excluding carboxylic acids is 1. The van der Waals surface area contributed by atoms with Crippen molar-refractivity contribution in [3.05, 3.63) is 72.3 Å². The molecule has 0 bridgehead atoms. The van der Waals surface area contributed by atoms with Crippen molar-refractivity contribution in [3.8, 4) is 17.1 Å². The minimum atomic E-state index is -0.0404. The minimum absolute atomic E-state index is 0.0404. The Morgan fingerprint density at radius 3 is 2.44 bits per heavy atom. The number of aromatic nitrogens is 2. The van der Waals surface area contributed by atoms with Gasteiger partial charge in [0.05, 0.1) is 24.3 Å². The molecule has 0 radical (unpaired) electrons. The Labute approximate surface area is 270 Å². The first-order valence-electron chi connectivity index (χ1n) is 15.7. The van der Waals surface area contributed by atoms with Gasteiger partial charge < -0.3 is 24.8 Å². The maximum Gasteiger partial charge on any atom is 0.243 e. The van der Waals surface area contributed by atoms with Crippen LogP contribution in [0.4, 0.5) is 11.4 Å². The van der Waals surface area contributed by atoms with Crippen molar-refractivity contribution >= 4 is 45.2 Å². The van der Waals surface area contributed by atoms with Crippen molar-refractivity contribution < 1.29 is 9.53 Å². The number of fused-ring (bicyclic) bond motifs is 1. The molecule has 1 fully saturated rings. The van der Waals surface area contributed by atoms with E-state index in [9.17, 15) is 4.79 Å². The molecule has 0 unspecified atom stereocenters. The maximum atomic E-state index is 12.5. The highest BCUT2D eigenvalue weighted by Crippen LogP contribution is 2.30. The van der Waals surface area contributed by atoms with Gasteiger partial charge in [0.1, 0.15) is 23.7 Å². The van der Waals surface area contributed by atoms with Crippen molar-refractivity contribution in [2.75, 3.05) is 75.4 Å². The van der Waals surface area contributed by atoms with Gasteiger partial charge in [0.2, 0.25) is 5.91 Å². The molecule has 10 heteroatoms. The molecule has 1 amide bonds. The Kier molecular flexibility index (Phi) is 9.32. The van der Waals surface area contributed by atoms with Gasteiger partial charge in [-0.15, -0.1) is 0 Å². The third kappa shape index (κ3) is 7.45. The largest absolute Gasteiger partial charge is 0.492 e. The van der Waals surface area contributed by atoms with Crippen molar-refractivity contribution in [1.82, 2.24) is 19.8 Å². The van der Waals surface area contributed by atoms with Crippen LogP contribution < -0.4 is 15.0 Å². The minimum Gasteiger partial charge on any atom is -0.492 e. The second kappa shape index (κ2) is 13.5. The molecule has 236 valence electrons. The number of nitrogens with one attached hydrogen (secondary N) is 2. The van der Waals surface area contributed by atoms with Crippen molar-refractivity contribution in [2.24, 2.45) is 4.99 Å². The van der Waals surface area contributed by atoms with Crippen LogP contribution in [-0.4, -0.2) is 96.1 Å². The number of para-hydroxylation sites is 1. The summed E-state index contributed by atoms with van der Waals surface area (Å²) in [5.74, 6) is 1.67. The van der Waals surface area contributed by atoms with Gasteiger partial charge >= 0.3 is 0 Å². The number of H-pyrrole nitrogens is 1. The summed E-state index contributed by atoms with van der Waals surface area (Å²) in [6.45, 7) is 13.9. The van der Waals surface area contributed by atoms with E-state index < -0.39 is 0 Å². The van der Waals surface area contributed by atoms with Gasteiger partial charge in [0.25, 0.3) is 0 Å². The lowest BCUT2D eigenvalue weighted by Crippen LogP contribution is -2.47. The highest BCUT2D eigenvalue weighted by molar-refractivity contribution is 8.13. The SMILES string of the molecule is CSC1=NCCN1CC(=O)Nc1ccc(OCCN2CCN(c3cccc4[nH]c(-c5ccc(C(C)(C)C)cc5)nc34)CC2)cc1. The molecule has 6 rings (SSSR count). The number of carbonyl (C=O) groups is 1. The number of piperazine rings is 1. The lowest BCUT2D eigenvalue weighted by Gasteiger charge is -2.36. The van der Waals surface area contributed by atoms with Crippen LogP contribution in [0.5, 0.6) is 5.75 Å². The van der Waals surface area contributed by atoms with Crippen LogP contribution in [0.15, 0.2) is 71.7 Å². The number of hydrogen-bond acceptors (Lipinski definition) is 8. The predicted molar refractivity (Wildman–Crippen MR) is 187 cm³/mol. The average molecular weight is 626 g/mol. The highest BCUT2D eigenvalue weighted by Gasteiger charge is 2.21. The number of nitrogens with zero attached hydrogens (tertiary/aromatic N) is 5. The first-order valence-corrected chi connectivity index (χ1v) is 16.9. The van der Waals surface area contributed by atoms with Gasteiger partial charge in [-0.25, -0.2) is 4.98 Å². The number of amides is 1. The first kappa shape index (κ1) is 31.0. The molecule has 2 N–H and O–H groups in total. The van der Waals surface area contributed by atoms with E-state index in [2.05, 4.69) is 88.3 Å². The number of amidine groups is 1. The lowest BCUT2D eigenvalue weighted by atomic mass is 9.87. The molecule has 4 aromatic rings. The molecule has 0 aliphatic carbocycles. The number of anilines is 2. The number of benzene rings is 3. The average Bonchev–Trinajstić information content (AvgIpc) is 3.69. The number of thioether (sulfide) groups is 1. The molecule has 3 aromatic carbocycles. The number of aromatic amines is 1. The molecule has 0 saturated carbocycles. The fourth-order valence-electron chi connectivity index (χ4n) is 5.85. The summed E-state index contributed by atoms with van der Waals surface area (Å²) in [5.41, 5.74) is 6.59. The second-order valence-corrected chi connectivity index (χ2v) is 13.4. The summed E-state index contributed by atoms with van der Waals surface area (Å²) in [6.07, 6.45) is 1.99. The zero-order valence-corrected chi connectivity index (χ0v) is 27.5. The van der Waals surface area contributed by atoms with Gasteiger partial charge in [-0.1, -0.05) is 62.9 Å². The van der Waals surface area contributed by atoms with Gasteiger partial charge in [0, 0.05) is 50.5 Å². The molecule has 1 saturated heterocycles. The standard InChI is InChI=1S/C35H43N7O2S/c1-35(2,3)26-10-8-25(9-11-26)33-38-29-6-5-7-30(32(29)39-33)41-20-18-40(19-21-41)22-23-44-28-14-12-27(13-15-28)37-31(43)24-42-17-16-36-34(42)45-4/h5-15H,16-24H2,1-4H3,(H,37,43)(H,38,39). The van der Waals surface area contributed by atoms with Gasteiger partial charge in [-0.05, 0) is 53.6 Å². The van der Waals surface area contributed by atoms with Crippen LogP contribution in [-0.2, 0) is 10.2 Å². The van der Waals surface area contributed by atoms with Crippen LogP contribution in [0, 0.1) is 0 Å². The summed E-state index contributed by atoms with van der Waals surface area (Å²) >= 11 is 1.58. The van der Waals surface area contributed by atoms with Crippen molar-refractivity contribution in [2.45, 2.75) is 26.2 Å². The highest BCUT2D eigenvalue weighted by atomic mass is 32.2. The third-order valence-electron chi connectivity index (χ3n) is 8.45. The molecular weight excluding hydrogens is 582 g/mol. The third-order valence-corrected chi connectivity index (χ3v) is 9.20. The molecule has 9 nitrogen and oxygen atoms in total. The first-order chi connectivity index (χ1) is 21.8. The van der Waals surface area contributed by atoms with E-state index in [0.29, 0.717) is 13.2 Å². The molecule has 2 aliphatic rings. The van der Waals surface area contributed by atoms with Gasteiger partial charge in [0.15, 0.2) is 5.17 Å². The summed E-state index contributed by atoms with van der Waals surface area (Å²) < 4.78 is 6.04. The lowest BCUT2D eigenvalue weighted by molar-refractivity contribution is -0.116. The van der Waals surface area contributed by atoms with Gasteiger partial charge in [-0.3, -0.25) is 14.7 Å². The zero-order chi connectivity index (χ0) is 31.4. The van der Waals surface area contributed by atoms with Crippen LogP contribution in [0.3, 0.4) is 0 Å². The van der Waals surface area contributed by atoms with E-state index in [1.165, 1.54) is 11.3 Å². The molecule has 2 aliphatic heterocycles. The molecule has 0 atom stereocenters. The molecule has 0 spiro atoms. The van der Waals surface area contributed by atoms with Crippen molar-refractivity contribution in [3.63, 3.8) is 0 Å². The summed E-state index contributed by atoms with van der Waals surface area (Å²) in [4.78, 5) is 32.4. The van der Waals surface area contributed by atoms with E-state index in [1.807, 2.05) is 35.4 Å². The zero-order valence-electron chi connectivity index (χ0n) is 26.7. The maximum absolute atomic E-state index is 12.5. The smallest absolute Gasteiger partial charge is 0.243 e. The van der Waals surface area contributed by atoms with Crippen molar-refractivity contribution in [1.29, 1.82) is 0 Å². The van der Waals surface area contributed by atoms with Crippen LogP contribution >= 0.6 is 11.8 Å². The number of aliphatic imine (C=N–C) groups is 1. The van der Waals surface area contributed by atoms with E-state index in [4.69, 9.17) is 9.72 Å². The monoisotopic (exact) mass is 625 g/mol. The number of imidazole rings is 1. The Hall–Kier alpha value is -4.02.